The lowest BCUT2D eigenvalue weighted by Crippen LogP contribution is -2.53. The molecule has 0 radical (unpaired) electrons. The van der Waals surface area contributed by atoms with Gasteiger partial charge in [-0.25, -0.2) is 18.2 Å². The quantitative estimate of drug-likeness (QED) is 0.850. The predicted molar refractivity (Wildman–Crippen MR) is 99.0 cm³/mol. The Balaban J connectivity index is 1.34. The van der Waals surface area contributed by atoms with E-state index < -0.39 is 9.84 Å². The van der Waals surface area contributed by atoms with Gasteiger partial charge in [-0.1, -0.05) is 23.5 Å². The van der Waals surface area contributed by atoms with Gasteiger partial charge in [-0.2, -0.15) is 0 Å². The van der Waals surface area contributed by atoms with Crippen LogP contribution >= 0.6 is 11.3 Å². The molecule has 3 heterocycles. The van der Waals surface area contributed by atoms with Crippen molar-refractivity contribution in [3.8, 4) is 0 Å². The minimum Gasteiger partial charge on any atom is -0.345 e. The molecule has 2 aliphatic rings. The second kappa shape index (κ2) is 6.45. The molecule has 1 atom stereocenters. The monoisotopic (exact) mass is 380 g/mol. The lowest BCUT2D eigenvalue weighted by atomic mass is 10.2. The number of fused-ring (bicyclic) bond motifs is 1. The molecule has 0 bridgehead atoms. The first-order valence-corrected chi connectivity index (χ1v) is 11.0. The third kappa shape index (κ3) is 3.57. The van der Waals surface area contributed by atoms with E-state index >= 15 is 0 Å². The maximum absolute atomic E-state index is 12.3. The Hall–Kier alpha value is -1.87. The molecule has 1 N–H and O–H groups in total. The van der Waals surface area contributed by atoms with Crippen LogP contribution in [0.3, 0.4) is 0 Å². The van der Waals surface area contributed by atoms with Gasteiger partial charge in [0, 0.05) is 32.2 Å². The van der Waals surface area contributed by atoms with Crippen molar-refractivity contribution >= 4 is 42.6 Å². The van der Waals surface area contributed by atoms with Crippen molar-refractivity contribution in [2.75, 3.05) is 42.6 Å². The number of rotatable bonds is 2. The third-order valence-electron chi connectivity index (χ3n) is 4.68. The van der Waals surface area contributed by atoms with Crippen molar-refractivity contribution in [3.05, 3.63) is 24.3 Å². The van der Waals surface area contributed by atoms with Crippen LogP contribution in [0.2, 0.25) is 0 Å². The van der Waals surface area contributed by atoms with Gasteiger partial charge in [0.05, 0.1) is 21.7 Å². The number of para-hydroxylation sites is 1. The number of sulfone groups is 1. The second-order valence-corrected chi connectivity index (χ2v) is 9.73. The summed E-state index contributed by atoms with van der Waals surface area (Å²) in [5, 5.41) is 3.85. The summed E-state index contributed by atoms with van der Waals surface area (Å²) in [6.45, 7) is 2.69. The molecule has 9 heteroatoms. The number of hydrogen-bond donors (Lipinski definition) is 1. The molecule has 2 amide bonds. The van der Waals surface area contributed by atoms with Crippen molar-refractivity contribution in [1.82, 2.24) is 15.2 Å². The van der Waals surface area contributed by atoms with Gasteiger partial charge in [0.1, 0.15) is 0 Å². The predicted octanol–water partition coefficient (Wildman–Crippen LogP) is 1.32. The van der Waals surface area contributed by atoms with Crippen molar-refractivity contribution in [3.63, 3.8) is 0 Å². The van der Waals surface area contributed by atoms with Crippen LogP contribution in [0.1, 0.15) is 6.42 Å². The number of carbonyl (C=O) groups is 1. The lowest BCUT2D eigenvalue weighted by Gasteiger charge is -2.35. The highest BCUT2D eigenvalue weighted by molar-refractivity contribution is 7.91. The smallest absolute Gasteiger partial charge is 0.317 e. The van der Waals surface area contributed by atoms with Gasteiger partial charge in [0.15, 0.2) is 15.0 Å². The van der Waals surface area contributed by atoms with Gasteiger partial charge >= 0.3 is 6.03 Å². The molecule has 2 saturated heterocycles. The molecule has 7 nitrogen and oxygen atoms in total. The first kappa shape index (κ1) is 16.6. The van der Waals surface area contributed by atoms with E-state index in [2.05, 4.69) is 21.3 Å². The van der Waals surface area contributed by atoms with Gasteiger partial charge in [0.25, 0.3) is 0 Å². The standard InChI is InChI=1S/C16H20N4O3S2/c21-15(17-12-5-10-25(22,23)11-12)19-6-8-20(9-7-19)16-18-13-3-1-2-4-14(13)24-16/h1-4,12H,5-11H2,(H,17,21)/t12-/m0/s1. The van der Waals surface area contributed by atoms with Gasteiger partial charge in [-0.05, 0) is 18.6 Å². The number of aromatic nitrogens is 1. The maximum Gasteiger partial charge on any atom is 0.317 e. The number of amides is 2. The van der Waals surface area contributed by atoms with Crippen molar-refractivity contribution in [1.29, 1.82) is 0 Å². The Bertz CT molecular complexity index is 855. The Morgan fingerprint density at radius 1 is 1.20 bits per heavy atom. The van der Waals surface area contributed by atoms with Gasteiger partial charge < -0.3 is 15.1 Å². The van der Waals surface area contributed by atoms with E-state index in [1.807, 2.05) is 18.2 Å². The SMILES string of the molecule is O=C(N[C@H]1CCS(=O)(=O)C1)N1CCN(c2nc3ccccc3s2)CC1. The minimum atomic E-state index is -2.98. The Morgan fingerprint density at radius 3 is 2.64 bits per heavy atom. The molecule has 0 spiro atoms. The number of carbonyl (C=O) groups excluding carboxylic acids is 1. The summed E-state index contributed by atoms with van der Waals surface area (Å²) < 4.78 is 24.2. The molecule has 0 aliphatic carbocycles. The van der Waals surface area contributed by atoms with E-state index in [4.69, 9.17) is 0 Å². The Morgan fingerprint density at radius 2 is 1.96 bits per heavy atom. The summed E-state index contributed by atoms with van der Waals surface area (Å²) in [6.07, 6.45) is 0.514. The second-order valence-electron chi connectivity index (χ2n) is 6.49. The molecule has 1 aromatic heterocycles. The number of thiazole rings is 1. The zero-order valence-electron chi connectivity index (χ0n) is 13.7. The number of anilines is 1. The summed E-state index contributed by atoms with van der Waals surface area (Å²) >= 11 is 1.67. The Kier molecular flexibility index (Phi) is 4.28. The van der Waals surface area contributed by atoms with E-state index in [1.165, 1.54) is 4.70 Å². The minimum absolute atomic E-state index is 0.0599. The van der Waals surface area contributed by atoms with Crippen LogP contribution in [-0.2, 0) is 9.84 Å². The van der Waals surface area contributed by atoms with Crippen LogP contribution in [0.25, 0.3) is 10.2 Å². The number of hydrogen-bond acceptors (Lipinski definition) is 6. The highest BCUT2D eigenvalue weighted by Crippen LogP contribution is 2.29. The van der Waals surface area contributed by atoms with Crippen LogP contribution in [-0.4, -0.2) is 68.1 Å². The number of nitrogens with zero attached hydrogens (tertiary/aromatic N) is 3. The zero-order chi connectivity index (χ0) is 17.4. The van der Waals surface area contributed by atoms with Crippen molar-refractivity contribution in [2.45, 2.75) is 12.5 Å². The number of urea groups is 1. The van der Waals surface area contributed by atoms with Crippen LogP contribution in [0, 0.1) is 0 Å². The molecule has 2 fully saturated rings. The van der Waals surface area contributed by atoms with Gasteiger partial charge in [-0.15, -0.1) is 0 Å². The molecule has 4 rings (SSSR count). The molecule has 1 aromatic carbocycles. The van der Waals surface area contributed by atoms with Crippen molar-refractivity contribution < 1.29 is 13.2 Å². The fraction of sp³-hybridized carbons (Fsp3) is 0.500. The molecule has 25 heavy (non-hydrogen) atoms. The fourth-order valence-electron chi connectivity index (χ4n) is 3.27. The van der Waals surface area contributed by atoms with Gasteiger partial charge in [-0.3, -0.25) is 0 Å². The molecule has 2 aromatic rings. The highest BCUT2D eigenvalue weighted by Gasteiger charge is 2.31. The van der Waals surface area contributed by atoms with E-state index in [0.29, 0.717) is 19.5 Å². The van der Waals surface area contributed by atoms with Gasteiger partial charge in [0.2, 0.25) is 0 Å². The van der Waals surface area contributed by atoms with Crippen molar-refractivity contribution in [2.24, 2.45) is 0 Å². The summed E-state index contributed by atoms with van der Waals surface area (Å²) in [4.78, 5) is 21.0. The largest absolute Gasteiger partial charge is 0.345 e. The average Bonchev–Trinajstić information content (AvgIpc) is 3.18. The third-order valence-corrected chi connectivity index (χ3v) is 7.55. The van der Waals surface area contributed by atoms with E-state index in [0.717, 1.165) is 23.7 Å². The molecular weight excluding hydrogens is 360 g/mol. The lowest BCUT2D eigenvalue weighted by molar-refractivity contribution is 0.191. The summed E-state index contributed by atoms with van der Waals surface area (Å²) in [5.41, 5.74) is 1.00. The summed E-state index contributed by atoms with van der Waals surface area (Å²) in [6, 6.07) is 7.66. The van der Waals surface area contributed by atoms with Crippen LogP contribution in [0.15, 0.2) is 24.3 Å². The molecule has 2 aliphatic heterocycles. The number of piperazine rings is 1. The highest BCUT2D eigenvalue weighted by atomic mass is 32.2. The number of benzene rings is 1. The Labute approximate surface area is 150 Å². The topological polar surface area (TPSA) is 82.6 Å². The van der Waals surface area contributed by atoms with E-state index in [-0.39, 0.29) is 23.6 Å². The normalized spacial score (nSPS) is 23.1. The molecule has 0 saturated carbocycles. The van der Waals surface area contributed by atoms with Crippen LogP contribution < -0.4 is 10.2 Å². The first-order valence-electron chi connectivity index (χ1n) is 8.36. The molecule has 134 valence electrons. The zero-order valence-corrected chi connectivity index (χ0v) is 15.4. The molecule has 0 unspecified atom stereocenters. The van der Waals surface area contributed by atoms with Crippen LogP contribution in [0.5, 0.6) is 0 Å². The summed E-state index contributed by atoms with van der Waals surface area (Å²) in [7, 11) is -2.98. The average molecular weight is 380 g/mol. The maximum atomic E-state index is 12.3. The fourth-order valence-corrected chi connectivity index (χ4v) is 5.96. The van der Waals surface area contributed by atoms with E-state index in [9.17, 15) is 13.2 Å². The first-order chi connectivity index (χ1) is 12.0. The molecular formula is C16H20N4O3S2. The van der Waals surface area contributed by atoms with Crippen LogP contribution in [0.4, 0.5) is 9.93 Å². The van der Waals surface area contributed by atoms with E-state index in [1.54, 1.807) is 16.2 Å². The number of nitrogens with one attached hydrogen (secondary N) is 1. The summed E-state index contributed by atoms with van der Waals surface area (Å²) in [5.74, 6) is 0.230.